The molecule has 2 aromatic carbocycles. The average Bonchev–Trinajstić information content (AvgIpc) is 2.41. The quantitative estimate of drug-likeness (QED) is 0.883. The summed E-state index contributed by atoms with van der Waals surface area (Å²) in [7, 11) is 0. The first kappa shape index (κ1) is 15.0. The van der Waals surface area contributed by atoms with Crippen LogP contribution >= 0.6 is 0 Å². The lowest BCUT2D eigenvalue weighted by Crippen LogP contribution is -2.19. The van der Waals surface area contributed by atoms with Gasteiger partial charge in [0.05, 0.1) is 11.3 Å². The average molecular weight is 291 g/mol. The Balaban J connectivity index is 2.10. The van der Waals surface area contributed by atoms with E-state index in [9.17, 15) is 13.6 Å². The molecule has 0 saturated heterocycles. The van der Waals surface area contributed by atoms with E-state index in [0.29, 0.717) is 6.42 Å². The van der Waals surface area contributed by atoms with Gasteiger partial charge in [-0.1, -0.05) is 12.1 Å². The van der Waals surface area contributed by atoms with Crippen molar-refractivity contribution < 1.29 is 18.7 Å². The molecular weight excluding hydrogens is 276 g/mol. The summed E-state index contributed by atoms with van der Waals surface area (Å²) in [6, 6.07) is 9.57. The molecule has 1 atom stereocenters. The van der Waals surface area contributed by atoms with Gasteiger partial charge in [0, 0.05) is 6.04 Å². The number of hydrogen-bond donors (Lipinski definition) is 2. The zero-order valence-electron chi connectivity index (χ0n) is 11.4. The van der Waals surface area contributed by atoms with Gasteiger partial charge in [-0.3, -0.25) is 0 Å². The van der Waals surface area contributed by atoms with Crippen molar-refractivity contribution in [1.29, 1.82) is 0 Å². The van der Waals surface area contributed by atoms with Gasteiger partial charge in [-0.05, 0) is 49.2 Å². The largest absolute Gasteiger partial charge is 0.478 e. The van der Waals surface area contributed by atoms with E-state index >= 15 is 0 Å². The molecule has 0 fully saturated rings. The molecule has 0 aliphatic heterocycles. The molecule has 0 saturated carbocycles. The first-order valence-corrected chi connectivity index (χ1v) is 6.49. The number of rotatable bonds is 5. The SMILES string of the molecule is CC(Cc1cccc(F)c1)Nc1cc(C(=O)O)ccc1F. The molecule has 2 rings (SSSR count). The summed E-state index contributed by atoms with van der Waals surface area (Å²) in [6.07, 6.45) is 0.495. The van der Waals surface area contributed by atoms with Gasteiger partial charge in [-0.2, -0.15) is 0 Å². The van der Waals surface area contributed by atoms with E-state index in [0.717, 1.165) is 11.6 Å². The standard InChI is InChI=1S/C16H15F2NO2/c1-10(7-11-3-2-4-13(17)8-11)19-15-9-12(16(20)21)5-6-14(15)18/h2-6,8-10,19H,7H2,1H3,(H,20,21). The topological polar surface area (TPSA) is 49.3 Å². The minimum Gasteiger partial charge on any atom is -0.478 e. The Morgan fingerprint density at radius 1 is 1.24 bits per heavy atom. The van der Waals surface area contributed by atoms with Crippen molar-refractivity contribution in [1.82, 2.24) is 0 Å². The van der Waals surface area contributed by atoms with Crippen LogP contribution in [0.1, 0.15) is 22.8 Å². The highest BCUT2D eigenvalue weighted by Crippen LogP contribution is 2.18. The van der Waals surface area contributed by atoms with Gasteiger partial charge in [-0.25, -0.2) is 13.6 Å². The van der Waals surface area contributed by atoms with Crippen LogP contribution in [0.2, 0.25) is 0 Å². The third-order valence-electron chi connectivity index (χ3n) is 3.05. The Morgan fingerprint density at radius 3 is 2.67 bits per heavy atom. The van der Waals surface area contributed by atoms with E-state index in [-0.39, 0.29) is 23.1 Å². The van der Waals surface area contributed by atoms with Crippen LogP contribution in [0.5, 0.6) is 0 Å². The molecular formula is C16H15F2NO2. The van der Waals surface area contributed by atoms with Gasteiger partial charge in [-0.15, -0.1) is 0 Å². The van der Waals surface area contributed by atoms with Crippen molar-refractivity contribution in [3.8, 4) is 0 Å². The van der Waals surface area contributed by atoms with E-state index in [1.807, 2.05) is 6.92 Å². The number of hydrogen-bond acceptors (Lipinski definition) is 2. The number of anilines is 1. The summed E-state index contributed by atoms with van der Waals surface area (Å²) < 4.78 is 26.8. The second-order valence-corrected chi connectivity index (χ2v) is 4.88. The van der Waals surface area contributed by atoms with E-state index in [1.54, 1.807) is 12.1 Å². The molecule has 0 heterocycles. The van der Waals surface area contributed by atoms with Crippen LogP contribution in [0.3, 0.4) is 0 Å². The number of carboxylic acid groups (broad SMARTS) is 1. The molecule has 110 valence electrons. The number of aromatic carboxylic acids is 1. The predicted octanol–water partition coefficient (Wildman–Crippen LogP) is 3.71. The Hall–Kier alpha value is -2.43. The molecule has 2 N–H and O–H groups in total. The molecule has 3 nitrogen and oxygen atoms in total. The van der Waals surface area contributed by atoms with Crippen LogP contribution in [0.15, 0.2) is 42.5 Å². The Labute approximate surface area is 121 Å². The molecule has 21 heavy (non-hydrogen) atoms. The summed E-state index contributed by atoms with van der Waals surface area (Å²) >= 11 is 0. The number of benzene rings is 2. The minimum atomic E-state index is -1.11. The maximum atomic E-state index is 13.7. The molecule has 1 unspecified atom stereocenters. The Kier molecular flexibility index (Phi) is 4.52. The van der Waals surface area contributed by atoms with Crippen LogP contribution in [0.25, 0.3) is 0 Å². The molecule has 2 aromatic rings. The van der Waals surface area contributed by atoms with Crippen molar-refractivity contribution >= 4 is 11.7 Å². The van der Waals surface area contributed by atoms with E-state index in [2.05, 4.69) is 5.32 Å². The fraction of sp³-hybridized carbons (Fsp3) is 0.188. The second kappa shape index (κ2) is 6.35. The van der Waals surface area contributed by atoms with E-state index < -0.39 is 11.8 Å². The highest BCUT2D eigenvalue weighted by atomic mass is 19.1. The van der Waals surface area contributed by atoms with Gasteiger partial charge >= 0.3 is 5.97 Å². The molecule has 0 aliphatic rings. The number of carboxylic acids is 1. The molecule has 0 radical (unpaired) electrons. The Bertz CT molecular complexity index is 658. The summed E-state index contributed by atoms with van der Waals surface area (Å²) in [4.78, 5) is 10.9. The van der Waals surface area contributed by atoms with Gasteiger partial charge in [0.2, 0.25) is 0 Å². The lowest BCUT2D eigenvalue weighted by Gasteiger charge is -2.16. The van der Waals surface area contributed by atoms with Crippen LogP contribution in [-0.2, 0) is 6.42 Å². The zero-order valence-corrected chi connectivity index (χ0v) is 11.4. The maximum Gasteiger partial charge on any atom is 0.335 e. The minimum absolute atomic E-state index is 0.0110. The summed E-state index contributed by atoms with van der Waals surface area (Å²) in [5.74, 6) is -1.96. The Morgan fingerprint density at radius 2 is 2.00 bits per heavy atom. The fourth-order valence-electron chi connectivity index (χ4n) is 2.10. The predicted molar refractivity (Wildman–Crippen MR) is 76.5 cm³/mol. The molecule has 0 aliphatic carbocycles. The smallest absolute Gasteiger partial charge is 0.335 e. The number of carbonyl (C=O) groups is 1. The number of halogens is 2. The highest BCUT2D eigenvalue weighted by Gasteiger charge is 2.11. The zero-order chi connectivity index (χ0) is 15.4. The van der Waals surface area contributed by atoms with Crippen LogP contribution in [0, 0.1) is 11.6 Å². The van der Waals surface area contributed by atoms with Gasteiger partial charge in [0.15, 0.2) is 0 Å². The molecule has 0 spiro atoms. The van der Waals surface area contributed by atoms with Crippen molar-refractivity contribution in [2.75, 3.05) is 5.32 Å². The van der Waals surface area contributed by atoms with E-state index in [1.165, 1.54) is 24.3 Å². The highest BCUT2D eigenvalue weighted by molar-refractivity contribution is 5.88. The van der Waals surface area contributed by atoms with Crippen molar-refractivity contribution in [2.24, 2.45) is 0 Å². The lowest BCUT2D eigenvalue weighted by molar-refractivity contribution is 0.0697. The van der Waals surface area contributed by atoms with Crippen LogP contribution in [0.4, 0.5) is 14.5 Å². The molecule has 5 heteroatoms. The monoisotopic (exact) mass is 291 g/mol. The maximum absolute atomic E-state index is 13.7. The van der Waals surface area contributed by atoms with Gasteiger partial charge in [0.25, 0.3) is 0 Å². The third kappa shape index (κ3) is 4.02. The fourth-order valence-corrected chi connectivity index (χ4v) is 2.10. The lowest BCUT2D eigenvalue weighted by atomic mass is 10.1. The molecule has 0 aromatic heterocycles. The summed E-state index contributed by atoms with van der Waals surface area (Å²) in [6.45, 7) is 1.82. The van der Waals surface area contributed by atoms with E-state index in [4.69, 9.17) is 5.11 Å². The van der Waals surface area contributed by atoms with Crippen LogP contribution in [-0.4, -0.2) is 17.1 Å². The first-order valence-electron chi connectivity index (χ1n) is 6.49. The third-order valence-corrected chi connectivity index (χ3v) is 3.05. The normalized spacial score (nSPS) is 12.0. The van der Waals surface area contributed by atoms with Gasteiger partial charge < -0.3 is 10.4 Å². The van der Waals surface area contributed by atoms with Gasteiger partial charge in [0.1, 0.15) is 11.6 Å². The van der Waals surface area contributed by atoms with Crippen LogP contribution < -0.4 is 5.32 Å². The molecule has 0 bridgehead atoms. The van der Waals surface area contributed by atoms with Crippen molar-refractivity contribution in [2.45, 2.75) is 19.4 Å². The summed E-state index contributed by atoms with van der Waals surface area (Å²) in [5, 5.41) is 11.8. The summed E-state index contributed by atoms with van der Waals surface area (Å²) in [5.41, 5.74) is 0.917. The second-order valence-electron chi connectivity index (χ2n) is 4.88. The van der Waals surface area contributed by atoms with Crippen molar-refractivity contribution in [3.05, 3.63) is 65.2 Å². The van der Waals surface area contributed by atoms with Crippen molar-refractivity contribution in [3.63, 3.8) is 0 Å². The number of nitrogens with one attached hydrogen (secondary N) is 1. The first-order chi connectivity index (χ1) is 9.95. The molecule has 0 amide bonds.